The van der Waals surface area contributed by atoms with Crippen LogP contribution in [-0.4, -0.2) is 50.1 Å². The smallest absolute Gasteiger partial charge is 0.258 e. The van der Waals surface area contributed by atoms with Gasteiger partial charge in [0.15, 0.2) is 0 Å². The van der Waals surface area contributed by atoms with E-state index in [0.29, 0.717) is 29.8 Å². The van der Waals surface area contributed by atoms with Crippen LogP contribution in [0.5, 0.6) is 5.75 Å². The van der Waals surface area contributed by atoms with E-state index >= 15 is 0 Å². The van der Waals surface area contributed by atoms with E-state index < -0.39 is 18.1 Å². The summed E-state index contributed by atoms with van der Waals surface area (Å²) in [6, 6.07) is 7.82. The van der Waals surface area contributed by atoms with Crippen LogP contribution in [0.15, 0.2) is 28.8 Å². The van der Waals surface area contributed by atoms with Crippen molar-refractivity contribution in [2.24, 2.45) is 5.73 Å². The molecule has 36 heavy (non-hydrogen) atoms. The highest BCUT2D eigenvalue weighted by molar-refractivity contribution is 5.78. The lowest BCUT2D eigenvalue weighted by Crippen LogP contribution is -2.33. The highest BCUT2D eigenvalue weighted by atomic mass is 16.5. The molecule has 0 radical (unpaired) electrons. The van der Waals surface area contributed by atoms with Crippen molar-refractivity contribution in [2.45, 2.75) is 78.4 Å². The van der Waals surface area contributed by atoms with Gasteiger partial charge < -0.3 is 25.2 Å². The SMILES string of the molecule is CCc1cc(-c2noc(-c3cc(C)nc(C(CC)CC)c3)n2)cc(C)c1OC[C@H](O)CC(O)C(N)=O. The first-order chi connectivity index (χ1) is 17.2. The lowest BCUT2D eigenvalue weighted by molar-refractivity contribution is -0.127. The lowest BCUT2D eigenvalue weighted by Gasteiger charge is -2.18. The molecule has 0 aliphatic heterocycles. The number of carbonyl (C=O) groups excluding carboxylic acids is 1. The van der Waals surface area contributed by atoms with E-state index in [1.165, 1.54) is 0 Å². The number of nitrogens with two attached hydrogens (primary N) is 1. The number of carbonyl (C=O) groups is 1. The van der Waals surface area contributed by atoms with E-state index in [1.54, 1.807) is 0 Å². The highest BCUT2D eigenvalue weighted by Crippen LogP contribution is 2.32. The van der Waals surface area contributed by atoms with Crippen LogP contribution in [0.1, 0.15) is 68.5 Å². The summed E-state index contributed by atoms with van der Waals surface area (Å²) in [5, 5.41) is 23.9. The van der Waals surface area contributed by atoms with Gasteiger partial charge in [-0.1, -0.05) is 25.9 Å². The molecule has 3 rings (SSSR count). The molecular weight excluding hydrogens is 460 g/mol. The summed E-state index contributed by atoms with van der Waals surface area (Å²) in [6.45, 7) is 10.1. The van der Waals surface area contributed by atoms with Crippen LogP contribution in [0, 0.1) is 13.8 Å². The normalized spacial score (nSPS) is 13.1. The number of aryl methyl sites for hydroxylation is 3. The Morgan fingerprint density at radius 1 is 1.06 bits per heavy atom. The van der Waals surface area contributed by atoms with Crippen molar-refractivity contribution >= 4 is 5.91 Å². The Morgan fingerprint density at radius 3 is 2.42 bits per heavy atom. The summed E-state index contributed by atoms with van der Waals surface area (Å²) >= 11 is 0. The molecule has 0 aliphatic carbocycles. The van der Waals surface area contributed by atoms with Crippen LogP contribution in [0.3, 0.4) is 0 Å². The average molecular weight is 497 g/mol. The van der Waals surface area contributed by atoms with Crippen LogP contribution in [-0.2, 0) is 11.2 Å². The molecule has 3 aromatic rings. The number of aliphatic hydroxyl groups excluding tert-OH is 2. The number of ether oxygens (including phenoxy) is 1. The predicted molar refractivity (Wildman–Crippen MR) is 136 cm³/mol. The molecule has 1 unspecified atom stereocenters. The largest absolute Gasteiger partial charge is 0.490 e. The first kappa shape index (κ1) is 27.3. The van der Waals surface area contributed by atoms with Crippen LogP contribution in [0.2, 0.25) is 0 Å². The van der Waals surface area contributed by atoms with Gasteiger partial charge in [-0.3, -0.25) is 9.78 Å². The second-order valence-corrected chi connectivity index (χ2v) is 9.11. The number of pyridine rings is 1. The zero-order chi connectivity index (χ0) is 26.4. The van der Waals surface area contributed by atoms with E-state index in [0.717, 1.165) is 46.5 Å². The van der Waals surface area contributed by atoms with E-state index in [9.17, 15) is 15.0 Å². The molecule has 0 saturated heterocycles. The molecule has 1 aromatic carbocycles. The van der Waals surface area contributed by atoms with Crippen LogP contribution in [0.25, 0.3) is 22.8 Å². The second-order valence-electron chi connectivity index (χ2n) is 9.11. The Bertz CT molecular complexity index is 1190. The minimum absolute atomic E-state index is 0.0792. The van der Waals surface area contributed by atoms with Gasteiger partial charge in [-0.05, 0) is 68.5 Å². The quantitative estimate of drug-likeness (QED) is 0.343. The summed E-state index contributed by atoms with van der Waals surface area (Å²) < 4.78 is 11.5. The fourth-order valence-electron chi connectivity index (χ4n) is 4.26. The molecule has 1 amide bonds. The van der Waals surface area contributed by atoms with E-state index in [-0.39, 0.29) is 13.0 Å². The summed E-state index contributed by atoms with van der Waals surface area (Å²) in [5.41, 5.74) is 10.4. The van der Waals surface area contributed by atoms with Crippen molar-refractivity contribution in [2.75, 3.05) is 6.61 Å². The molecule has 9 nitrogen and oxygen atoms in total. The van der Waals surface area contributed by atoms with E-state index in [4.69, 9.17) is 20.0 Å². The number of benzene rings is 1. The first-order valence-corrected chi connectivity index (χ1v) is 12.4. The molecule has 0 aliphatic rings. The zero-order valence-electron chi connectivity index (χ0n) is 21.6. The first-order valence-electron chi connectivity index (χ1n) is 12.4. The van der Waals surface area contributed by atoms with Gasteiger partial charge in [0.25, 0.3) is 5.89 Å². The van der Waals surface area contributed by atoms with Crippen LogP contribution in [0.4, 0.5) is 0 Å². The van der Waals surface area contributed by atoms with Crippen LogP contribution >= 0.6 is 0 Å². The number of nitrogens with zero attached hydrogens (tertiary/aromatic N) is 3. The Labute approximate surface area is 211 Å². The molecule has 2 heterocycles. The fourth-order valence-corrected chi connectivity index (χ4v) is 4.26. The summed E-state index contributed by atoms with van der Waals surface area (Å²) in [6.07, 6.45) is 0.0597. The van der Waals surface area contributed by atoms with Gasteiger partial charge in [0.1, 0.15) is 18.5 Å². The molecule has 0 saturated carbocycles. The van der Waals surface area contributed by atoms with Crippen molar-refractivity contribution in [3.05, 3.63) is 46.8 Å². The molecule has 0 fully saturated rings. The Balaban J connectivity index is 1.83. The predicted octanol–water partition coefficient (Wildman–Crippen LogP) is 3.86. The van der Waals surface area contributed by atoms with E-state index in [1.807, 2.05) is 45.0 Å². The molecule has 0 spiro atoms. The average Bonchev–Trinajstić information content (AvgIpc) is 3.33. The van der Waals surface area contributed by atoms with Crippen molar-refractivity contribution < 1.29 is 24.3 Å². The van der Waals surface area contributed by atoms with Gasteiger partial charge in [0.2, 0.25) is 11.7 Å². The molecule has 9 heteroatoms. The monoisotopic (exact) mass is 496 g/mol. The molecule has 0 bridgehead atoms. The third-order valence-electron chi connectivity index (χ3n) is 6.28. The lowest BCUT2D eigenvalue weighted by atomic mass is 9.97. The van der Waals surface area contributed by atoms with Gasteiger partial charge in [-0.2, -0.15) is 4.98 Å². The Kier molecular flexibility index (Phi) is 9.17. The maximum atomic E-state index is 11.0. The highest BCUT2D eigenvalue weighted by Gasteiger charge is 2.20. The fraction of sp³-hybridized carbons (Fsp3) is 0.481. The zero-order valence-corrected chi connectivity index (χ0v) is 21.6. The van der Waals surface area contributed by atoms with Gasteiger partial charge in [0.05, 0.1) is 6.10 Å². The minimum atomic E-state index is -1.42. The number of aromatic nitrogens is 3. The number of hydrogen-bond donors (Lipinski definition) is 3. The Morgan fingerprint density at radius 2 is 1.78 bits per heavy atom. The third kappa shape index (κ3) is 6.47. The van der Waals surface area contributed by atoms with Crippen molar-refractivity contribution in [3.63, 3.8) is 0 Å². The maximum absolute atomic E-state index is 11.0. The molecule has 2 atom stereocenters. The Hall–Kier alpha value is -3.30. The van der Waals surface area contributed by atoms with Crippen molar-refractivity contribution in [3.8, 4) is 28.6 Å². The van der Waals surface area contributed by atoms with Crippen molar-refractivity contribution in [1.82, 2.24) is 15.1 Å². The number of primary amides is 1. The number of aliphatic hydroxyl groups is 2. The van der Waals surface area contributed by atoms with Crippen molar-refractivity contribution in [1.29, 1.82) is 0 Å². The topological polar surface area (TPSA) is 145 Å². The molecule has 194 valence electrons. The van der Waals surface area contributed by atoms with Gasteiger partial charge >= 0.3 is 0 Å². The number of rotatable bonds is 12. The van der Waals surface area contributed by atoms with Gasteiger partial charge in [-0.15, -0.1) is 0 Å². The second kappa shape index (κ2) is 12.1. The number of hydrogen-bond acceptors (Lipinski definition) is 8. The third-order valence-corrected chi connectivity index (χ3v) is 6.28. The summed E-state index contributed by atoms with van der Waals surface area (Å²) in [7, 11) is 0. The van der Waals surface area contributed by atoms with Crippen LogP contribution < -0.4 is 10.5 Å². The van der Waals surface area contributed by atoms with Gasteiger partial charge in [0, 0.05) is 34.9 Å². The van der Waals surface area contributed by atoms with Gasteiger partial charge in [-0.25, -0.2) is 0 Å². The maximum Gasteiger partial charge on any atom is 0.258 e. The number of amides is 1. The molecule has 4 N–H and O–H groups in total. The summed E-state index contributed by atoms with van der Waals surface area (Å²) in [5.74, 6) is 1.05. The summed E-state index contributed by atoms with van der Waals surface area (Å²) in [4.78, 5) is 20.4. The van der Waals surface area contributed by atoms with E-state index in [2.05, 4.69) is 24.0 Å². The molecular formula is C27H36N4O5. The standard InChI is InChI=1S/C27H36N4O5/c1-6-17(7-2)22-12-20(10-16(5)29-22)27-30-26(31-36-27)19-9-15(4)24(18(8-3)11-19)35-14-21(32)13-23(33)25(28)34/h9-12,17,21,23,32-33H,6-8,13-14H2,1-5H3,(H2,28,34)/t21-,23?/m1/s1. The minimum Gasteiger partial charge on any atom is -0.490 e. The molecule has 2 aromatic heterocycles.